The van der Waals surface area contributed by atoms with E-state index >= 15 is 0 Å². The lowest BCUT2D eigenvalue weighted by Gasteiger charge is -2.23. The minimum atomic E-state index is 0.301. The van der Waals surface area contributed by atoms with E-state index in [1.54, 1.807) is 0 Å². The standard InChI is InChI=1S/C19H28O/c1-14(13-19(2,3)4)11-18(20)17-10-9-15-7-5-6-8-16(15)12-17/h9-10,12,14H,5-8,11,13H2,1-4H3. The van der Waals surface area contributed by atoms with Gasteiger partial charge in [0.15, 0.2) is 5.78 Å². The van der Waals surface area contributed by atoms with E-state index in [2.05, 4.69) is 39.8 Å². The Labute approximate surface area is 123 Å². The Morgan fingerprint density at radius 2 is 1.80 bits per heavy atom. The Bertz CT molecular complexity index is 479. The zero-order chi connectivity index (χ0) is 14.8. The van der Waals surface area contributed by atoms with Crippen molar-refractivity contribution in [3.05, 3.63) is 34.9 Å². The Morgan fingerprint density at radius 1 is 1.15 bits per heavy atom. The molecule has 110 valence electrons. The van der Waals surface area contributed by atoms with E-state index in [4.69, 9.17) is 0 Å². The number of ketones is 1. The number of carbonyl (C=O) groups excluding carboxylic acids is 1. The van der Waals surface area contributed by atoms with Gasteiger partial charge in [0.25, 0.3) is 0 Å². The Kier molecular flexibility index (Phi) is 4.67. The third-order valence-corrected chi connectivity index (χ3v) is 4.17. The topological polar surface area (TPSA) is 17.1 Å². The van der Waals surface area contributed by atoms with Crippen LogP contribution in [0.15, 0.2) is 18.2 Å². The number of aryl methyl sites for hydroxylation is 2. The van der Waals surface area contributed by atoms with Crippen LogP contribution >= 0.6 is 0 Å². The zero-order valence-electron chi connectivity index (χ0n) is 13.5. The van der Waals surface area contributed by atoms with Gasteiger partial charge in [-0.15, -0.1) is 0 Å². The molecular weight excluding hydrogens is 244 g/mol. The second-order valence-electron chi connectivity index (χ2n) is 7.69. The van der Waals surface area contributed by atoms with Gasteiger partial charge in [-0.1, -0.05) is 39.8 Å². The zero-order valence-corrected chi connectivity index (χ0v) is 13.5. The van der Waals surface area contributed by atoms with E-state index in [1.807, 2.05) is 6.07 Å². The largest absolute Gasteiger partial charge is 0.294 e. The van der Waals surface area contributed by atoms with Crippen molar-refractivity contribution < 1.29 is 4.79 Å². The molecule has 1 unspecified atom stereocenters. The summed E-state index contributed by atoms with van der Waals surface area (Å²) >= 11 is 0. The molecule has 1 aromatic carbocycles. The average molecular weight is 272 g/mol. The van der Waals surface area contributed by atoms with Crippen LogP contribution in [0.5, 0.6) is 0 Å². The van der Waals surface area contributed by atoms with Crippen LogP contribution in [0.1, 0.15) is 74.9 Å². The molecule has 1 aliphatic rings. The number of fused-ring (bicyclic) bond motifs is 1. The predicted molar refractivity (Wildman–Crippen MR) is 85.3 cm³/mol. The summed E-state index contributed by atoms with van der Waals surface area (Å²) in [6.45, 7) is 8.92. The minimum absolute atomic E-state index is 0.301. The van der Waals surface area contributed by atoms with Crippen molar-refractivity contribution in [2.24, 2.45) is 11.3 Å². The quantitative estimate of drug-likeness (QED) is 0.688. The molecular formula is C19H28O. The predicted octanol–water partition coefficient (Wildman–Crippen LogP) is 5.21. The van der Waals surface area contributed by atoms with Crippen LogP contribution in [0.4, 0.5) is 0 Å². The van der Waals surface area contributed by atoms with Crippen LogP contribution in [-0.4, -0.2) is 5.78 Å². The summed E-state index contributed by atoms with van der Waals surface area (Å²) in [5, 5.41) is 0. The maximum atomic E-state index is 12.4. The molecule has 1 atom stereocenters. The van der Waals surface area contributed by atoms with Crippen molar-refractivity contribution in [2.45, 2.75) is 66.2 Å². The van der Waals surface area contributed by atoms with E-state index in [9.17, 15) is 4.79 Å². The van der Waals surface area contributed by atoms with Gasteiger partial charge in [0.05, 0.1) is 0 Å². The van der Waals surface area contributed by atoms with Crippen LogP contribution in [0.2, 0.25) is 0 Å². The van der Waals surface area contributed by atoms with E-state index in [1.165, 1.54) is 30.4 Å². The highest BCUT2D eigenvalue weighted by Gasteiger charge is 2.19. The van der Waals surface area contributed by atoms with Crippen LogP contribution < -0.4 is 0 Å². The summed E-state index contributed by atoms with van der Waals surface area (Å²) < 4.78 is 0. The molecule has 0 fully saturated rings. The Morgan fingerprint density at radius 3 is 2.45 bits per heavy atom. The molecule has 0 heterocycles. The van der Waals surface area contributed by atoms with Crippen molar-refractivity contribution >= 4 is 5.78 Å². The molecule has 0 saturated heterocycles. The van der Waals surface area contributed by atoms with Gasteiger partial charge in [-0.2, -0.15) is 0 Å². The molecule has 1 aliphatic carbocycles. The Balaban J connectivity index is 2.02. The highest BCUT2D eigenvalue weighted by atomic mass is 16.1. The SMILES string of the molecule is CC(CC(=O)c1ccc2c(c1)CCCC2)CC(C)(C)C. The summed E-state index contributed by atoms with van der Waals surface area (Å²) in [4.78, 5) is 12.4. The van der Waals surface area contributed by atoms with Crippen molar-refractivity contribution in [3.63, 3.8) is 0 Å². The molecule has 0 bridgehead atoms. The molecule has 0 aliphatic heterocycles. The molecule has 1 nitrogen and oxygen atoms in total. The number of rotatable bonds is 4. The molecule has 1 aromatic rings. The monoisotopic (exact) mass is 272 g/mol. The van der Waals surface area contributed by atoms with E-state index in [-0.39, 0.29) is 0 Å². The fourth-order valence-electron chi connectivity index (χ4n) is 3.46. The van der Waals surface area contributed by atoms with Gasteiger partial charge in [0.2, 0.25) is 0 Å². The van der Waals surface area contributed by atoms with Crippen molar-refractivity contribution in [1.82, 2.24) is 0 Å². The van der Waals surface area contributed by atoms with Gasteiger partial charge in [0, 0.05) is 12.0 Å². The number of hydrogen-bond acceptors (Lipinski definition) is 1. The van der Waals surface area contributed by atoms with Crippen molar-refractivity contribution in [2.75, 3.05) is 0 Å². The first-order valence-corrected chi connectivity index (χ1v) is 8.00. The van der Waals surface area contributed by atoms with Gasteiger partial charge < -0.3 is 0 Å². The van der Waals surface area contributed by atoms with E-state index in [0.717, 1.165) is 18.4 Å². The van der Waals surface area contributed by atoms with Crippen LogP contribution in [0.3, 0.4) is 0 Å². The lowest BCUT2D eigenvalue weighted by molar-refractivity contribution is 0.0954. The Hall–Kier alpha value is -1.11. The normalized spacial score (nSPS) is 16.6. The lowest BCUT2D eigenvalue weighted by atomic mass is 9.82. The number of carbonyl (C=O) groups is 1. The van der Waals surface area contributed by atoms with Gasteiger partial charge >= 0.3 is 0 Å². The third-order valence-electron chi connectivity index (χ3n) is 4.17. The maximum absolute atomic E-state index is 12.4. The first-order chi connectivity index (χ1) is 9.35. The second kappa shape index (κ2) is 6.11. The first-order valence-electron chi connectivity index (χ1n) is 8.00. The molecule has 0 amide bonds. The molecule has 0 radical (unpaired) electrons. The van der Waals surface area contributed by atoms with Crippen LogP contribution in [0.25, 0.3) is 0 Å². The van der Waals surface area contributed by atoms with Crippen molar-refractivity contribution in [3.8, 4) is 0 Å². The average Bonchev–Trinajstić information content (AvgIpc) is 2.35. The summed E-state index contributed by atoms with van der Waals surface area (Å²) in [6.07, 6.45) is 6.67. The summed E-state index contributed by atoms with van der Waals surface area (Å²) in [5.41, 5.74) is 4.09. The fraction of sp³-hybridized carbons (Fsp3) is 0.632. The molecule has 0 spiro atoms. The second-order valence-corrected chi connectivity index (χ2v) is 7.69. The molecule has 0 N–H and O–H groups in total. The lowest BCUT2D eigenvalue weighted by Crippen LogP contribution is -2.15. The molecule has 2 rings (SSSR count). The highest BCUT2D eigenvalue weighted by molar-refractivity contribution is 5.96. The minimum Gasteiger partial charge on any atom is -0.294 e. The fourth-order valence-corrected chi connectivity index (χ4v) is 3.46. The molecule has 1 heteroatoms. The molecule has 0 saturated carbocycles. The third kappa shape index (κ3) is 4.19. The molecule has 0 aromatic heterocycles. The first kappa shape index (κ1) is 15.3. The van der Waals surface area contributed by atoms with Crippen LogP contribution in [0, 0.1) is 11.3 Å². The van der Waals surface area contributed by atoms with Crippen LogP contribution in [-0.2, 0) is 12.8 Å². The smallest absolute Gasteiger partial charge is 0.163 e. The van der Waals surface area contributed by atoms with E-state index < -0.39 is 0 Å². The van der Waals surface area contributed by atoms with Gasteiger partial charge in [-0.25, -0.2) is 0 Å². The molecule has 20 heavy (non-hydrogen) atoms. The summed E-state index contributed by atoms with van der Waals surface area (Å²) in [7, 11) is 0. The van der Waals surface area contributed by atoms with Gasteiger partial charge in [-0.05, 0) is 60.6 Å². The van der Waals surface area contributed by atoms with Gasteiger partial charge in [0.1, 0.15) is 0 Å². The van der Waals surface area contributed by atoms with Crippen molar-refractivity contribution in [1.29, 1.82) is 0 Å². The summed E-state index contributed by atoms with van der Waals surface area (Å²) in [5.74, 6) is 0.772. The summed E-state index contributed by atoms with van der Waals surface area (Å²) in [6, 6.07) is 6.37. The number of Topliss-reactive ketones (excluding diaryl/α,β-unsaturated/α-hetero) is 1. The highest BCUT2D eigenvalue weighted by Crippen LogP contribution is 2.28. The van der Waals surface area contributed by atoms with E-state index in [0.29, 0.717) is 23.5 Å². The maximum Gasteiger partial charge on any atom is 0.163 e. The number of hydrogen-bond donors (Lipinski definition) is 0. The number of benzene rings is 1. The van der Waals surface area contributed by atoms with Gasteiger partial charge in [-0.3, -0.25) is 4.79 Å².